The van der Waals surface area contributed by atoms with Gasteiger partial charge in [0.05, 0.1) is 5.41 Å². The fourth-order valence-corrected chi connectivity index (χ4v) is 12.5. The highest BCUT2D eigenvalue weighted by Crippen LogP contribution is 2.73. The van der Waals surface area contributed by atoms with Crippen LogP contribution in [0.2, 0.25) is 0 Å². The highest BCUT2D eigenvalue weighted by Gasteiger charge is 2.66. The molecule has 5 aliphatic carbocycles. The number of likely N-dealkylation sites (N-methyl/N-ethyl adjacent to an activating group) is 1. The highest BCUT2D eigenvalue weighted by molar-refractivity contribution is 5.83. The summed E-state index contributed by atoms with van der Waals surface area (Å²) < 4.78 is 0. The summed E-state index contributed by atoms with van der Waals surface area (Å²) in [5, 5.41) is 3.46. The molecule has 0 saturated heterocycles. The van der Waals surface area contributed by atoms with Gasteiger partial charge in [-0.25, -0.2) is 0 Å². The average molecular weight is 617 g/mol. The standard InChI is InChI=1S/C39H60N2O.C3H8/c1-8-41(9-2)26-25-40-35(42)39-21-10-11-32(39)29-16-17-34-37(6,31(29)19-24-39)23-20-33-36(4,5)30(18-22-38(33,34)7)28-14-12-27(3)13-15-28;1-3-2/h12-15,18,29,31-34H,8-11,16-17,19-26H2,1-7H3,(H,40,42);3H2,1-2H3/t29?,31?,32?,33?,34?,37?,38?,39-;/m0./s1. The molecule has 0 heterocycles. The predicted octanol–water partition coefficient (Wildman–Crippen LogP) is 10.3. The zero-order valence-corrected chi connectivity index (χ0v) is 30.7. The molecule has 4 saturated carbocycles. The fourth-order valence-electron chi connectivity index (χ4n) is 12.5. The van der Waals surface area contributed by atoms with E-state index in [0.717, 1.165) is 62.7 Å². The van der Waals surface area contributed by atoms with Crippen LogP contribution in [0.15, 0.2) is 30.3 Å². The number of fused-ring (bicyclic) bond motifs is 7. The van der Waals surface area contributed by atoms with Gasteiger partial charge in [-0.15, -0.1) is 0 Å². The normalized spacial score (nSPS) is 38.1. The molecule has 0 aromatic heterocycles. The minimum Gasteiger partial charge on any atom is -0.354 e. The van der Waals surface area contributed by atoms with Gasteiger partial charge in [0.25, 0.3) is 0 Å². The Labute approximate surface area is 277 Å². The van der Waals surface area contributed by atoms with Crippen LogP contribution >= 0.6 is 0 Å². The maximum atomic E-state index is 13.9. The lowest BCUT2D eigenvalue weighted by atomic mass is 9.36. The summed E-state index contributed by atoms with van der Waals surface area (Å²) in [6.45, 7) is 25.3. The van der Waals surface area contributed by atoms with E-state index in [4.69, 9.17) is 0 Å². The molecule has 0 radical (unpaired) electrons. The van der Waals surface area contributed by atoms with Crippen molar-refractivity contribution in [1.29, 1.82) is 0 Å². The maximum Gasteiger partial charge on any atom is 0.226 e. The first-order valence-corrected chi connectivity index (χ1v) is 19.2. The van der Waals surface area contributed by atoms with Crippen LogP contribution < -0.4 is 5.32 Å². The molecule has 0 bridgehead atoms. The number of carbonyl (C=O) groups is 1. The second kappa shape index (κ2) is 13.5. The summed E-state index contributed by atoms with van der Waals surface area (Å²) in [5.41, 5.74) is 5.24. The Morgan fingerprint density at radius 2 is 1.51 bits per heavy atom. The fraction of sp³-hybridized carbons (Fsp3) is 0.786. The minimum absolute atomic E-state index is 0.0900. The Bertz CT molecular complexity index is 1200. The van der Waals surface area contributed by atoms with Crippen LogP contribution in [-0.4, -0.2) is 37.0 Å². The molecule has 1 aromatic carbocycles. The molecule has 0 aliphatic heterocycles. The Balaban J connectivity index is 0.00000128. The molecule has 5 aliphatic rings. The topological polar surface area (TPSA) is 32.3 Å². The zero-order valence-electron chi connectivity index (χ0n) is 30.7. The van der Waals surface area contributed by atoms with E-state index in [1.54, 1.807) is 5.57 Å². The number of benzene rings is 1. The van der Waals surface area contributed by atoms with Gasteiger partial charge in [-0.05, 0) is 135 Å². The number of nitrogens with one attached hydrogen (secondary N) is 1. The predicted molar refractivity (Wildman–Crippen MR) is 192 cm³/mol. The van der Waals surface area contributed by atoms with Crippen LogP contribution in [0.1, 0.15) is 137 Å². The number of aryl methyl sites for hydroxylation is 1. The van der Waals surface area contributed by atoms with Crippen LogP contribution in [0.4, 0.5) is 0 Å². The molecule has 4 fully saturated rings. The number of hydrogen-bond donors (Lipinski definition) is 1. The number of carbonyl (C=O) groups excluding carboxylic acids is 1. The first-order chi connectivity index (χ1) is 21.4. The number of rotatable bonds is 7. The summed E-state index contributed by atoms with van der Waals surface area (Å²) in [4.78, 5) is 16.4. The van der Waals surface area contributed by atoms with Crippen molar-refractivity contribution in [2.24, 2.45) is 51.2 Å². The third-order valence-electron chi connectivity index (χ3n) is 14.5. The van der Waals surface area contributed by atoms with Crippen molar-refractivity contribution in [2.75, 3.05) is 26.2 Å². The molecular weight excluding hydrogens is 548 g/mol. The van der Waals surface area contributed by atoms with Gasteiger partial charge in [-0.2, -0.15) is 0 Å². The van der Waals surface area contributed by atoms with Crippen LogP contribution in [0, 0.1) is 58.2 Å². The third kappa shape index (κ3) is 5.89. The summed E-state index contributed by atoms with van der Waals surface area (Å²) in [6, 6.07) is 9.30. The SMILES string of the molecule is CCC.CCN(CC)CCNC(=O)[C@]12CCCC1C1CCC3C(C)(CCC4C(C)(C)C(c5ccc(C)cc5)=CCC43C)C1CC2. The maximum absolute atomic E-state index is 13.9. The van der Waals surface area contributed by atoms with Crippen molar-refractivity contribution in [2.45, 2.75) is 133 Å². The van der Waals surface area contributed by atoms with Gasteiger partial charge < -0.3 is 10.2 Å². The molecule has 8 atom stereocenters. The quantitative estimate of drug-likeness (QED) is 0.331. The van der Waals surface area contributed by atoms with E-state index in [1.165, 1.54) is 68.9 Å². The molecule has 6 rings (SSSR count). The van der Waals surface area contributed by atoms with E-state index in [1.807, 2.05) is 0 Å². The molecule has 1 N–H and O–H groups in total. The zero-order chi connectivity index (χ0) is 32.6. The lowest BCUT2D eigenvalue weighted by Crippen LogP contribution is -2.62. The summed E-state index contributed by atoms with van der Waals surface area (Å²) in [7, 11) is 0. The van der Waals surface area contributed by atoms with Crippen molar-refractivity contribution in [3.8, 4) is 0 Å². The summed E-state index contributed by atoms with van der Waals surface area (Å²) in [6.07, 6.45) is 16.6. The minimum atomic E-state index is -0.0900. The van der Waals surface area contributed by atoms with E-state index in [9.17, 15) is 4.79 Å². The van der Waals surface area contributed by atoms with Crippen molar-refractivity contribution in [3.05, 3.63) is 41.5 Å². The molecule has 7 unspecified atom stereocenters. The van der Waals surface area contributed by atoms with Crippen LogP contribution in [0.3, 0.4) is 0 Å². The Morgan fingerprint density at radius 3 is 2.18 bits per heavy atom. The first-order valence-electron chi connectivity index (χ1n) is 19.2. The van der Waals surface area contributed by atoms with Gasteiger partial charge in [-0.1, -0.05) is 104 Å². The van der Waals surface area contributed by atoms with E-state index < -0.39 is 0 Å². The van der Waals surface area contributed by atoms with Gasteiger partial charge in [0.1, 0.15) is 0 Å². The van der Waals surface area contributed by atoms with Crippen LogP contribution in [0.5, 0.6) is 0 Å². The number of amides is 1. The average Bonchev–Trinajstić information content (AvgIpc) is 3.46. The van der Waals surface area contributed by atoms with Crippen LogP contribution in [-0.2, 0) is 4.79 Å². The third-order valence-corrected chi connectivity index (χ3v) is 14.5. The number of allylic oxidation sites excluding steroid dienone is 2. The molecule has 0 spiro atoms. The molecule has 252 valence electrons. The Morgan fingerprint density at radius 1 is 0.822 bits per heavy atom. The Hall–Kier alpha value is -1.61. The molecule has 1 aromatic rings. The number of hydrogen-bond acceptors (Lipinski definition) is 2. The summed E-state index contributed by atoms with van der Waals surface area (Å²) >= 11 is 0. The second-order valence-corrected chi connectivity index (χ2v) is 17.1. The van der Waals surface area contributed by atoms with Gasteiger partial charge >= 0.3 is 0 Å². The Kier molecular flexibility index (Phi) is 10.4. The lowest BCUT2D eigenvalue weighted by molar-refractivity contribution is -0.181. The van der Waals surface area contributed by atoms with Gasteiger partial charge in [-0.3, -0.25) is 4.79 Å². The van der Waals surface area contributed by atoms with Crippen molar-refractivity contribution in [1.82, 2.24) is 10.2 Å². The molecule has 1 amide bonds. The monoisotopic (exact) mass is 617 g/mol. The summed E-state index contributed by atoms with van der Waals surface area (Å²) in [5.74, 6) is 4.06. The van der Waals surface area contributed by atoms with Crippen molar-refractivity contribution in [3.63, 3.8) is 0 Å². The van der Waals surface area contributed by atoms with Crippen LogP contribution in [0.25, 0.3) is 5.57 Å². The second-order valence-electron chi connectivity index (χ2n) is 17.1. The van der Waals surface area contributed by atoms with E-state index in [0.29, 0.717) is 22.7 Å². The smallest absolute Gasteiger partial charge is 0.226 e. The molecule has 45 heavy (non-hydrogen) atoms. The van der Waals surface area contributed by atoms with Gasteiger partial charge in [0.15, 0.2) is 0 Å². The number of nitrogens with zero attached hydrogens (tertiary/aromatic N) is 1. The lowest BCUT2D eigenvalue weighted by Gasteiger charge is -2.68. The van der Waals surface area contributed by atoms with Gasteiger partial charge in [0.2, 0.25) is 5.91 Å². The van der Waals surface area contributed by atoms with Gasteiger partial charge in [0, 0.05) is 13.1 Å². The molecular formula is C42H68N2O. The highest BCUT2D eigenvalue weighted by atomic mass is 16.2. The van der Waals surface area contributed by atoms with E-state index >= 15 is 0 Å². The van der Waals surface area contributed by atoms with E-state index in [-0.39, 0.29) is 10.8 Å². The van der Waals surface area contributed by atoms with Crippen molar-refractivity contribution < 1.29 is 4.79 Å². The molecule has 3 heteroatoms. The van der Waals surface area contributed by atoms with Crippen molar-refractivity contribution >= 4 is 11.5 Å². The first kappa shape index (κ1) is 34.7. The molecule has 3 nitrogen and oxygen atoms in total. The van der Waals surface area contributed by atoms with E-state index in [2.05, 4.69) is 103 Å². The largest absolute Gasteiger partial charge is 0.354 e.